The Balaban J connectivity index is 2.38. The number of ether oxygens (including phenoxy) is 1. The summed E-state index contributed by atoms with van der Waals surface area (Å²) in [6, 6.07) is 6.16. The Morgan fingerprint density at radius 2 is 1.80 bits per heavy atom. The number of esters is 1. The van der Waals surface area contributed by atoms with Crippen LogP contribution in [-0.4, -0.2) is 43.1 Å². The van der Waals surface area contributed by atoms with Gasteiger partial charge in [0.15, 0.2) is 6.61 Å². The SMILES string of the molecule is CNC(=O)CNC(=O)COC(=O)c1ccc(CO)cc1. The van der Waals surface area contributed by atoms with Crippen molar-refractivity contribution in [2.45, 2.75) is 6.61 Å². The Morgan fingerprint density at radius 1 is 1.15 bits per heavy atom. The van der Waals surface area contributed by atoms with E-state index < -0.39 is 18.5 Å². The highest BCUT2D eigenvalue weighted by molar-refractivity contribution is 5.92. The number of nitrogens with one attached hydrogen (secondary N) is 2. The van der Waals surface area contributed by atoms with Gasteiger partial charge in [0.2, 0.25) is 5.91 Å². The summed E-state index contributed by atoms with van der Waals surface area (Å²) in [5.74, 6) is -1.55. The van der Waals surface area contributed by atoms with Crippen molar-refractivity contribution in [2.75, 3.05) is 20.2 Å². The van der Waals surface area contributed by atoms with Gasteiger partial charge in [-0.2, -0.15) is 0 Å². The van der Waals surface area contributed by atoms with Crippen LogP contribution >= 0.6 is 0 Å². The van der Waals surface area contributed by atoms with Crippen molar-refractivity contribution in [1.29, 1.82) is 0 Å². The molecule has 20 heavy (non-hydrogen) atoms. The van der Waals surface area contributed by atoms with E-state index in [1.165, 1.54) is 19.2 Å². The number of rotatable bonds is 6. The number of hydrogen-bond donors (Lipinski definition) is 3. The van der Waals surface area contributed by atoms with E-state index in [9.17, 15) is 14.4 Å². The summed E-state index contributed by atoms with van der Waals surface area (Å²) in [5.41, 5.74) is 0.950. The molecular formula is C13H16N2O5. The largest absolute Gasteiger partial charge is 0.452 e. The second kappa shape index (κ2) is 7.90. The number of carbonyl (C=O) groups is 3. The fourth-order valence-corrected chi connectivity index (χ4v) is 1.28. The first kappa shape index (κ1) is 15.6. The van der Waals surface area contributed by atoms with Crippen molar-refractivity contribution < 1.29 is 24.2 Å². The molecular weight excluding hydrogens is 264 g/mol. The fourth-order valence-electron chi connectivity index (χ4n) is 1.28. The van der Waals surface area contributed by atoms with E-state index in [1.807, 2.05) is 0 Å². The molecule has 0 saturated carbocycles. The number of benzene rings is 1. The minimum absolute atomic E-state index is 0.114. The van der Waals surface area contributed by atoms with Gasteiger partial charge in [-0.3, -0.25) is 9.59 Å². The Hall–Kier alpha value is -2.41. The summed E-state index contributed by atoms with van der Waals surface area (Å²) in [6.45, 7) is -0.743. The molecule has 0 saturated heterocycles. The van der Waals surface area contributed by atoms with E-state index in [0.717, 1.165) is 0 Å². The van der Waals surface area contributed by atoms with Crippen molar-refractivity contribution in [3.05, 3.63) is 35.4 Å². The molecule has 0 aromatic heterocycles. The van der Waals surface area contributed by atoms with Gasteiger partial charge < -0.3 is 20.5 Å². The van der Waals surface area contributed by atoms with Gasteiger partial charge in [-0.15, -0.1) is 0 Å². The van der Waals surface area contributed by atoms with Crippen LogP contribution in [0.15, 0.2) is 24.3 Å². The molecule has 3 N–H and O–H groups in total. The predicted molar refractivity (Wildman–Crippen MR) is 69.7 cm³/mol. The normalized spacial score (nSPS) is 9.70. The van der Waals surface area contributed by atoms with Crippen LogP contribution < -0.4 is 10.6 Å². The molecule has 0 aliphatic carbocycles. The highest BCUT2D eigenvalue weighted by Crippen LogP contribution is 2.05. The summed E-state index contributed by atoms with van der Waals surface area (Å²) in [7, 11) is 1.45. The van der Waals surface area contributed by atoms with Crippen molar-refractivity contribution in [2.24, 2.45) is 0 Å². The molecule has 0 heterocycles. The second-order valence-electron chi connectivity index (χ2n) is 3.88. The lowest BCUT2D eigenvalue weighted by Crippen LogP contribution is -2.37. The monoisotopic (exact) mass is 280 g/mol. The lowest BCUT2D eigenvalue weighted by molar-refractivity contribution is -0.127. The molecule has 0 aliphatic rings. The molecule has 1 rings (SSSR count). The molecule has 108 valence electrons. The number of carbonyl (C=O) groups excluding carboxylic acids is 3. The highest BCUT2D eigenvalue weighted by atomic mass is 16.5. The third-order valence-electron chi connectivity index (χ3n) is 2.43. The average molecular weight is 280 g/mol. The fraction of sp³-hybridized carbons (Fsp3) is 0.308. The first-order valence-electron chi connectivity index (χ1n) is 5.91. The lowest BCUT2D eigenvalue weighted by Gasteiger charge is -2.06. The van der Waals surface area contributed by atoms with Crippen LogP contribution in [0.25, 0.3) is 0 Å². The summed E-state index contributed by atoms with van der Waals surface area (Å²) in [4.78, 5) is 33.8. The van der Waals surface area contributed by atoms with E-state index in [2.05, 4.69) is 10.6 Å². The standard InChI is InChI=1S/C13H16N2O5/c1-14-11(17)6-15-12(18)8-20-13(19)10-4-2-9(7-16)3-5-10/h2-5,16H,6-8H2,1H3,(H,14,17)(H,15,18). The van der Waals surface area contributed by atoms with Crippen LogP contribution in [0.3, 0.4) is 0 Å². The van der Waals surface area contributed by atoms with Gasteiger partial charge in [-0.05, 0) is 17.7 Å². The van der Waals surface area contributed by atoms with E-state index in [-0.39, 0.29) is 24.6 Å². The smallest absolute Gasteiger partial charge is 0.338 e. The molecule has 0 spiro atoms. The summed E-state index contributed by atoms with van der Waals surface area (Å²) in [5, 5.41) is 13.5. The molecule has 0 bridgehead atoms. The van der Waals surface area contributed by atoms with Crippen molar-refractivity contribution >= 4 is 17.8 Å². The third-order valence-corrected chi connectivity index (χ3v) is 2.43. The number of aliphatic hydroxyl groups is 1. The van der Waals surface area contributed by atoms with Crippen molar-refractivity contribution in [3.63, 3.8) is 0 Å². The second-order valence-corrected chi connectivity index (χ2v) is 3.88. The minimum Gasteiger partial charge on any atom is -0.452 e. The van der Waals surface area contributed by atoms with Crippen LogP contribution in [0.5, 0.6) is 0 Å². The average Bonchev–Trinajstić information content (AvgIpc) is 2.50. The summed E-state index contributed by atoms with van der Waals surface area (Å²) in [6.07, 6.45) is 0. The summed E-state index contributed by atoms with van der Waals surface area (Å²) < 4.78 is 4.78. The van der Waals surface area contributed by atoms with Crippen molar-refractivity contribution in [1.82, 2.24) is 10.6 Å². The van der Waals surface area contributed by atoms with E-state index >= 15 is 0 Å². The first-order chi connectivity index (χ1) is 9.56. The van der Waals surface area contributed by atoms with Crippen LogP contribution in [0.2, 0.25) is 0 Å². The van der Waals surface area contributed by atoms with Gasteiger partial charge in [0, 0.05) is 7.05 Å². The molecule has 0 fully saturated rings. The van der Waals surface area contributed by atoms with Crippen LogP contribution in [-0.2, 0) is 20.9 Å². The number of aliphatic hydroxyl groups excluding tert-OH is 1. The minimum atomic E-state index is -0.649. The van der Waals surface area contributed by atoms with Gasteiger partial charge in [-0.25, -0.2) is 4.79 Å². The highest BCUT2D eigenvalue weighted by Gasteiger charge is 2.10. The Morgan fingerprint density at radius 3 is 2.35 bits per heavy atom. The molecule has 1 aromatic carbocycles. The lowest BCUT2D eigenvalue weighted by atomic mass is 10.1. The Kier molecular flexibility index (Phi) is 6.18. The first-order valence-corrected chi connectivity index (χ1v) is 5.91. The predicted octanol–water partition coefficient (Wildman–Crippen LogP) is -0.802. The summed E-state index contributed by atoms with van der Waals surface area (Å²) >= 11 is 0. The maximum Gasteiger partial charge on any atom is 0.338 e. The number of likely N-dealkylation sites (N-methyl/N-ethyl adjacent to an activating group) is 1. The topological polar surface area (TPSA) is 105 Å². The molecule has 1 aromatic rings. The maximum absolute atomic E-state index is 11.6. The third kappa shape index (κ3) is 5.07. The van der Waals surface area contributed by atoms with Crippen LogP contribution in [0.4, 0.5) is 0 Å². The van der Waals surface area contributed by atoms with Gasteiger partial charge in [-0.1, -0.05) is 12.1 Å². The quantitative estimate of drug-likeness (QED) is 0.592. The van der Waals surface area contributed by atoms with Gasteiger partial charge in [0.25, 0.3) is 5.91 Å². The van der Waals surface area contributed by atoms with Crippen LogP contribution in [0.1, 0.15) is 15.9 Å². The van der Waals surface area contributed by atoms with Gasteiger partial charge in [0.1, 0.15) is 0 Å². The van der Waals surface area contributed by atoms with Crippen LogP contribution in [0, 0.1) is 0 Å². The van der Waals surface area contributed by atoms with Gasteiger partial charge in [0.05, 0.1) is 18.7 Å². The molecule has 0 radical (unpaired) electrons. The molecule has 7 heteroatoms. The number of hydrogen-bond acceptors (Lipinski definition) is 5. The van der Waals surface area contributed by atoms with E-state index in [1.54, 1.807) is 12.1 Å². The Bertz CT molecular complexity index is 484. The van der Waals surface area contributed by atoms with E-state index in [4.69, 9.17) is 9.84 Å². The van der Waals surface area contributed by atoms with Gasteiger partial charge >= 0.3 is 5.97 Å². The molecule has 2 amide bonds. The van der Waals surface area contributed by atoms with Crippen molar-refractivity contribution in [3.8, 4) is 0 Å². The molecule has 0 aliphatic heterocycles. The molecule has 0 atom stereocenters. The number of amides is 2. The molecule has 0 unspecified atom stereocenters. The maximum atomic E-state index is 11.6. The zero-order valence-corrected chi connectivity index (χ0v) is 11.0. The Labute approximate surface area is 115 Å². The zero-order valence-electron chi connectivity index (χ0n) is 11.0. The molecule has 7 nitrogen and oxygen atoms in total. The van der Waals surface area contributed by atoms with E-state index in [0.29, 0.717) is 5.56 Å². The zero-order chi connectivity index (χ0) is 15.0.